The Morgan fingerprint density at radius 1 is 1.24 bits per heavy atom. The van der Waals surface area contributed by atoms with E-state index >= 15 is 0 Å². The van der Waals surface area contributed by atoms with Crippen molar-refractivity contribution >= 4 is 11.7 Å². The number of carbonyl (C=O) groups excluding carboxylic acids is 2. The van der Waals surface area contributed by atoms with E-state index < -0.39 is 23.9 Å². The van der Waals surface area contributed by atoms with Crippen molar-refractivity contribution in [3.8, 4) is 17.2 Å². The highest BCUT2D eigenvalue weighted by Crippen LogP contribution is 2.33. The summed E-state index contributed by atoms with van der Waals surface area (Å²) >= 11 is 0. The van der Waals surface area contributed by atoms with Gasteiger partial charge in [0.05, 0.1) is 12.2 Å². The monoisotopic (exact) mass is 467 g/mol. The number of ether oxygens (including phenoxy) is 1. The minimum atomic E-state index is -0.746. The van der Waals surface area contributed by atoms with Crippen LogP contribution >= 0.6 is 0 Å². The van der Waals surface area contributed by atoms with Crippen molar-refractivity contribution in [2.45, 2.75) is 45.3 Å². The molecule has 1 aliphatic rings. The zero-order chi connectivity index (χ0) is 24.2. The summed E-state index contributed by atoms with van der Waals surface area (Å²) in [6.45, 7) is 3.27. The number of aliphatic hydroxyl groups is 1. The first kappa shape index (κ1) is 23.6. The third-order valence-corrected chi connectivity index (χ3v) is 5.58. The lowest BCUT2D eigenvalue weighted by molar-refractivity contribution is 0.0917. The van der Waals surface area contributed by atoms with Gasteiger partial charge in [-0.05, 0) is 68.7 Å². The van der Waals surface area contributed by atoms with E-state index in [1.807, 2.05) is 6.92 Å². The Kier molecular flexibility index (Phi) is 7.02. The number of Topliss-reactive ketones (excluding diaryl/α,β-unsaturated/α-hetero) is 1. The van der Waals surface area contributed by atoms with Crippen LogP contribution in [0.3, 0.4) is 0 Å². The molecule has 3 aromatic rings. The molecule has 8 nitrogen and oxygen atoms in total. The molecule has 2 N–H and O–H groups in total. The van der Waals surface area contributed by atoms with Crippen molar-refractivity contribution in [1.82, 2.24) is 15.5 Å². The number of nitrogens with one attached hydrogen (secondary N) is 1. The van der Waals surface area contributed by atoms with Crippen LogP contribution in [-0.2, 0) is 0 Å². The maximum atomic E-state index is 14.5. The molecular formula is C25H26FN3O5. The Hall–Kier alpha value is -3.59. The van der Waals surface area contributed by atoms with Crippen LogP contribution in [0.2, 0.25) is 0 Å². The second-order valence-electron chi connectivity index (χ2n) is 8.39. The number of aliphatic hydroxyl groups excluding tert-OH is 1. The highest BCUT2D eigenvalue weighted by Gasteiger charge is 2.30. The molecule has 1 aliphatic carbocycles. The Morgan fingerprint density at radius 2 is 1.97 bits per heavy atom. The van der Waals surface area contributed by atoms with Crippen LogP contribution in [0.4, 0.5) is 4.39 Å². The van der Waals surface area contributed by atoms with Crippen LogP contribution in [0, 0.1) is 11.7 Å². The van der Waals surface area contributed by atoms with E-state index in [1.54, 1.807) is 31.2 Å². The van der Waals surface area contributed by atoms with Crippen molar-refractivity contribution in [3.05, 3.63) is 65.2 Å². The van der Waals surface area contributed by atoms with Crippen molar-refractivity contribution in [2.75, 3.05) is 6.61 Å². The number of hydrogen-bond acceptors (Lipinski definition) is 7. The average Bonchev–Trinajstić information content (AvgIpc) is 3.58. The van der Waals surface area contributed by atoms with Gasteiger partial charge in [-0.1, -0.05) is 12.1 Å². The van der Waals surface area contributed by atoms with Gasteiger partial charge in [0.2, 0.25) is 5.82 Å². The standard InChI is InChI=1S/C25H26FN3O5/c1-3-21(33-18-9-6-16(7-10-18)22(31)15-4-5-15)23-28-25(34-29-23)17-8-11-19(20(26)12-17)24(32)27-14(2)13-30/h6-12,14-15,21,30H,3-5,13H2,1-2H3,(H,27,32)/t14-,21-/m1/s1. The highest BCUT2D eigenvalue weighted by molar-refractivity contribution is 5.99. The van der Waals surface area contributed by atoms with Crippen molar-refractivity contribution in [1.29, 1.82) is 0 Å². The lowest BCUT2D eigenvalue weighted by Crippen LogP contribution is -2.35. The van der Waals surface area contributed by atoms with Crippen LogP contribution in [0.1, 0.15) is 65.8 Å². The minimum absolute atomic E-state index is 0.0945. The average molecular weight is 467 g/mol. The molecule has 34 heavy (non-hydrogen) atoms. The van der Waals surface area contributed by atoms with E-state index in [4.69, 9.17) is 14.4 Å². The molecule has 0 radical (unpaired) electrons. The smallest absolute Gasteiger partial charge is 0.258 e. The number of carbonyl (C=O) groups is 2. The molecular weight excluding hydrogens is 441 g/mol. The normalized spacial score (nSPS) is 14.9. The summed E-state index contributed by atoms with van der Waals surface area (Å²) in [4.78, 5) is 28.6. The highest BCUT2D eigenvalue weighted by atomic mass is 19.1. The fourth-order valence-electron chi connectivity index (χ4n) is 3.42. The van der Waals surface area contributed by atoms with Crippen LogP contribution in [-0.4, -0.2) is 39.6 Å². The molecule has 9 heteroatoms. The van der Waals surface area contributed by atoms with E-state index in [0.717, 1.165) is 18.9 Å². The molecule has 0 spiro atoms. The molecule has 2 atom stereocenters. The number of ketones is 1. The number of aromatic nitrogens is 2. The molecule has 4 rings (SSSR count). The first-order chi connectivity index (χ1) is 16.4. The second kappa shape index (κ2) is 10.1. The molecule has 1 saturated carbocycles. The van der Waals surface area contributed by atoms with Gasteiger partial charge in [-0.2, -0.15) is 4.98 Å². The van der Waals surface area contributed by atoms with Crippen molar-refractivity contribution < 1.29 is 28.3 Å². The van der Waals surface area contributed by atoms with E-state index in [9.17, 15) is 14.0 Å². The molecule has 1 aromatic heterocycles. The predicted octanol–water partition coefficient (Wildman–Crippen LogP) is 4.11. The van der Waals surface area contributed by atoms with Gasteiger partial charge in [0.25, 0.3) is 11.8 Å². The van der Waals surface area contributed by atoms with Gasteiger partial charge >= 0.3 is 0 Å². The largest absolute Gasteiger partial charge is 0.482 e. The number of nitrogens with zero attached hydrogens (tertiary/aromatic N) is 2. The first-order valence-electron chi connectivity index (χ1n) is 11.3. The van der Waals surface area contributed by atoms with Crippen molar-refractivity contribution in [2.24, 2.45) is 5.92 Å². The van der Waals surface area contributed by atoms with Gasteiger partial charge in [0.1, 0.15) is 11.6 Å². The lowest BCUT2D eigenvalue weighted by Gasteiger charge is -2.14. The number of hydrogen-bond donors (Lipinski definition) is 2. The number of amides is 1. The Labute approximate surface area is 196 Å². The van der Waals surface area contributed by atoms with E-state index in [-0.39, 0.29) is 29.8 Å². The summed E-state index contributed by atoms with van der Waals surface area (Å²) in [6.07, 6.45) is 1.96. The minimum Gasteiger partial charge on any atom is -0.482 e. The zero-order valence-corrected chi connectivity index (χ0v) is 19.0. The van der Waals surface area contributed by atoms with E-state index in [1.165, 1.54) is 12.1 Å². The maximum absolute atomic E-state index is 14.5. The first-order valence-corrected chi connectivity index (χ1v) is 11.3. The Balaban J connectivity index is 1.45. The summed E-state index contributed by atoms with van der Waals surface area (Å²) in [5.41, 5.74) is 0.845. The number of benzene rings is 2. The molecule has 1 amide bonds. The zero-order valence-electron chi connectivity index (χ0n) is 19.0. The van der Waals surface area contributed by atoms with Crippen LogP contribution in [0.15, 0.2) is 47.0 Å². The lowest BCUT2D eigenvalue weighted by atomic mass is 10.1. The number of rotatable bonds is 10. The summed E-state index contributed by atoms with van der Waals surface area (Å²) in [5, 5.41) is 15.5. The summed E-state index contributed by atoms with van der Waals surface area (Å²) < 4.78 is 25.8. The van der Waals surface area contributed by atoms with Gasteiger partial charge in [0.15, 0.2) is 11.9 Å². The van der Waals surface area contributed by atoms with Gasteiger partial charge in [-0.25, -0.2) is 4.39 Å². The third kappa shape index (κ3) is 5.31. The maximum Gasteiger partial charge on any atom is 0.258 e. The summed E-state index contributed by atoms with van der Waals surface area (Å²) in [5.74, 6) is -0.0776. The van der Waals surface area contributed by atoms with Crippen LogP contribution < -0.4 is 10.1 Å². The molecule has 2 aromatic carbocycles. The summed E-state index contributed by atoms with van der Waals surface area (Å²) in [6, 6.07) is 10.5. The van der Waals surface area contributed by atoms with Gasteiger partial charge in [-0.15, -0.1) is 0 Å². The SMILES string of the molecule is CC[C@@H](Oc1ccc(C(=O)C2CC2)cc1)c1noc(-c2ccc(C(=O)N[C@H](C)CO)c(F)c2)n1. The molecule has 0 bridgehead atoms. The second-order valence-corrected chi connectivity index (χ2v) is 8.39. The topological polar surface area (TPSA) is 115 Å². The molecule has 1 heterocycles. The third-order valence-electron chi connectivity index (χ3n) is 5.58. The molecule has 0 saturated heterocycles. The molecule has 1 fully saturated rings. The van der Waals surface area contributed by atoms with Gasteiger partial charge < -0.3 is 19.7 Å². The quantitative estimate of drug-likeness (QED) is 0.431. The molecule has 0 aliphatic heterocycles. The Bertz CT molecular complexity index is 1170. The van der Waals surface area contributed by atoms with E-state index in [2.05, 4.69) is 15.5 Å². The summed E-state index contributed by atoms with van der Waals surface area (Å²) in [7, 11) is 0. The fraction of sp³-hybridized carbons (Fsp3) is 0.360. The molecule has 178 valence electrons. The predicted molar refractivity (Wildman–Crippen MR) is 121 cm³/mol. The van der Waals surface area contributed by atoms with Crippen molar-refractivity contribution in [3.63, 3.8) is 0 Å². The Morgan fingerprint density at radius 3 is 2.59 bits per heavy atom. The van der Waals surface area contributed by atoms with Crippen LogP contribution in [0.25, 0.3) is 11.5 Å². The van der Waals surface area contributed by atoms with Gasteiger partial charge in [0, 0.05) is 23.1 Å². The van der Waals surface area contributed by atoms with Crippen LogP contribution in [0.5, 0.6) is 5.75 Å². The molecule has 0 unspecified atom stereocenters. The van der Waals surface area contributed by atoms with E-state index in [0.29, 0.717) is 29.1 Å². The van der Waals surface area contributed by atoms with Gasteiger partial charge in [-0.3, -0.25) is 9.59 Å². The number of halogens is 1. The fourth-order valence-corrected chi connectivity index (χ4v) is 3.42.